The lowest BCUT2D eigenvalue weighted by molar-refractivity contribution is 0.0696. The maximum atomic E-state index is 10.9. The first-order valence-corrected chi connectivity index (χ1v) is 8.70. The van der Waals surface area contributed by atoms with Crippen molar-refractivity contribution >= 4 is 5.97 Å². The van der Waals surface area contributed by atoms with Gasteiger partial charge in [-0.1, -0.05) is 70.8 Å². The van der Waals surface area contributed by atoms with Crippen molar-refractivity contribution in [1.82, 2.24) is 0 Å². The molecule has 0 atom stereocenters. The van der Waals surface area contributed by atoms with Gasteiger partial charge in [-0.05, 0) is 24.6 Å². The zero-order chi connectivity index (χ0) is 16.0. The molecule has 22 heavy (non-hydrogen) atoms. The molecular weight excluding hydrogens is 276 g/mol. The number of rotatable bonds is 13. The number of hydrogen-bond acceptors (Lipinski definition) is 2. The molecule has 1 N–H and O–H groups in total. The molecule has 0 spiro atoms. The minimum atomic E-state index is -0.913. The van der Waals surface area contributed by atoms with Crippen LogP contribution in [0.3, 0.4) is 0 Å². The van der Waals surface area contributed by atoms with Crippen molar-refractivity contribution in [3.63, 3.8) is 0 Å². The van der Waals surface area contributed by atoms with Gasteiger partial charge in [-0.2, -0.15) is 0 Å². The summed E-state index contributed by atoms with van der Waals surface area (Å²) < 4.78 is 5.61. The Hall–Kier alpha value is -1.51. The Bertz CT molecular complexity index is 415. The van der Waals surface area contributed by atoms with E-state index in [1.165, 1.54) is 57.8 Å². The standard InChI is InChI=1S/C19H30O3/c1-2-3-4-5-6-7-8-9-10-11-15-22-18-14-12-13-17(16-18)19(20)21/h12-14,16H,2-11,15H2,1H3,(H,20,21). The summed E-state index contributed by atoms with van der Waals surface area (Å²) in [4.78, 5) is 10.9. The highest BCUT2D eigenvalue weighted by atomic mass is 16.5. The van der Waals surface area contributed by atoms with Crippen molar-refractivity contribution in [2.24, 2.45) is 0 Å². The number of hydrogen-bond donors (Lipinski definition) is 1. The van der Waals surface area contributed by atoms with Crippen LogP contribution in [0.1, 0.15) is 81.5 Å². The highest BCUT2D eigenvalue weighted by molar-refractivity contribution is 5.87. The summed E-state index contributed by atoms with van der Waals surface area (Å²) in [5, 5.41) is 8.91. The van der Waals surface area contributed by atoms with Gasteiger partial charge in [0.2, 0.25) is 0 Å². The van der Waals surface area contributed by atoms with Crippen molar-refractivity contribution in [1.29, 1.82) is 0 Å². The first-order valence-electron chi connectivity index (χ1n) is 8.70. The predicted octanol–water partition coefficient (Wildman–Crippen LogP) is 5.68. The summed E-state index contributed by atoms with van der Waals surface area (Å²) in [6.07, 6.45) is 13.0. The predicted molar refractivity (Wildman–Crippen MR) is 90.7 cm³/mol. The molecule has 0 amide bonds. The SMILES string of the molecule is CCCCCCCCCCCCOc1cccc(C(=O)O)c1. The van der Waals surface area contributed by atoms with E-state index in [2.05, 4.69) is 6.92 Å². The molecule has 1 aromatic carbocycles. The second-order valence-corrected chi connectivity index (χ2v) is 5.86. The van der Waals surface area contributed by atoms with Gasteiger partial charge >= 0.3 is 5.97 Å². The lowest BCUT2D eigenvalue weighted by atomic mass is 10.1. The Morgan fingerprint density at radius 3 is 2.14 bits per heavy atom. The number of carbonyl (C=O) groups is 1. The van der Waals surface area contributed by atoms with Crippen LogP contribution in [0.4, 0.5) is 0 Å². The van der Waals surface area contributed by atoms with E-state index in [9.17, 15) is 4.79 Å². The van der Waals surface area contributed by atoms with E-state index >= 15 is 0 Å². The number of aromatic carboxylic acids is 1. The maximum Gasteiger partial charge on any atom is 0.335 e. The summed E-state index contributed by atoms with van der Waals surface area (Å²) >= 11 is 0. The molecule has 0 aliphatic rings. The molecule has 1 rings (SSSR count). The van der Waals surface area contributed by atoms with Crippen LogP contribution in [0.25, 0.3) is 0 Å². The van der Waals surface area contributed by atoms with Gasteiger partial charge in [0.1, 0.15) is 5.75 Å². The van der Waals surface area contributed by atoms with Crippen molar-refractivity contribution in [3.05, 3.63) is 29.8 Å². The van der Waals surface area contributed by atoms with Crippen LogP contribution in [0.2, 0.25) is 0 Å². The minimum absolute atomic E-state index is 0.278. The fourth-order valence-electron chi connectivity index (χ4n) is 2.50. The third-order valence-corrected chi connectivity index (χ3v) is 3.85. The molecule has 0 radical (unpaired) electrons. The Labute approximate surface area is 134 Å². The highest BCUT2D eigenvalue weighted by Gasteiger charge is 2.03. The fraction of sp³-hybridized carbons (Fsp3) is 0.632. The van der Waals surface area contributed by atoms with Crippen molar-refractivity contribution in [2.75, 3.05) is 6.61 Å². The van der Waals surface area contributed by atoms with Crippen LogP contribution >= 0.6 is 0 Å². The Kier molecular flexibility index (Phi) is 10.2. The summed E-state index contributed by atoms with van der Waals surface area (Å²) in [6.45, 7) is 2.92. The Morgan fingerprint density at radius 1 is 0.955 bits per heavy atom. The molecular formula is C19H30O3. The average molecular weight is 306 g/mol. The molecule has 0 aromatic heterocycles. The number of unbranched alkanes of at least 4 members (excludes halogenated alkanes) is 9. The number of benzene rings is 1. The molecule has 124 valence electrons. The molecule has 0 bridgehead atoms. The van der Waals surface area contributed by atoms with Crippen molar-refractivity contribution < 1.29 is 14.6 Å². The van der Waals surface area contributed by atoms with Gasteiger partial charge in [0.05, 0.1) is 12.2 Å². The number of carboxylic acids is 1. The highest BCUT2D eigenvalue weighted by Crippen LogP contribution is 2.15. The van der Waals surface area contributed by atoms with Crippen LogP contribution in [-0.4, -0.2) is 17.7 Å². The molecule has 0 saturated heterocycles. The summed E-state index contributed by atoms with van der Waals surface area (Å²) in [5.41, 5.74) is 0.278. The number of ether oxygens (including phenoxy) is 1. The second kappa shape index (κ2) is 12.1. The molecule has 0 heterocycles. The molecule has 0 fully saturated rings. The quantitative estimate of drug-likeness (QED) is 0.476. The van der Waals surface area contributed by atoms with Gasteiger partial charge in [-0.25, -0.2) is 4.79 Å². The van der Waals surface area contributed by atoms with E-state index in [-0.39, 0.29) is 5.56 Å². The molecule has 0 aliphatic heterocycles. The van der Waals surface area contributed by atoms with E-state index in [4.69, 9.17) is 9.84 Å². The number of carboxylic acid groups (broad SMARTS) is 1. The first kappa shape index (κ1) is 18.5. The fourth-order valence-corrected chi connectivity index (χ4v) is 2.50. The van der Waals surface area contributed by atoms with Crippen LogP contribution < -0.4 is 4.74 Å². The van der Waals surface area contributed by atoms with Gasteiger partial charge in [-0.15, -0.1) is 0 Å². The van der Waals surface area contributed by atoms with Gasteiger partial charge in [0, 0.05) is 0 Å². The molecule has 0 unspecified atom stereocenters. The third kappa shape index (κ3) is 8.71. The van der Waals surface area contributed by atoms with Crippen LogP contribution in [0, 0.1) is 0 Å². The molecule has 3 nitrogen and oxygen atoms in total. The van der Waals surface area contributed by atoms with Gasteiger partial charge in [0.25, 0.3) is 0 Å². The molecule has 1 aromatic rings. The minimum Gasteiger partial charge on any atom is -0.494 e. The van der Waals surface area contributed by atoms with E-state index in [0.29, 0.717) is 12.4 Å². The van der Waals surface area contributed by atoms with E-state index in [1.807, 2.05) is 6.07 Å². The molecule has 0 saturated carbocycles. The van der Waals surface area contributed by atoms with Crippen LogP contribution in [-0.2, 0) is 0 Å². The maximum absolute atomic E-state index is 10.9. The molecule has 0 aliphatic carbocycles. The Morgan fingerprint density at radius 2 is 1.55 bits per heavy atom. The van der Waals surface area contributed by atoms with E-state index in [1.54, 1.807) is 18.2 Å². The van der Waals surface area contributed by atoms with Crippen molar-refractivity contribution in [2.45, 2.75) is 71.1 Å². The summed E-state index contributed by atoms with van der Waals surface area (Å²) in [6, 6.07) is 6.69. The molecule has 3 heteroatoms. The zero-order valence-corrected chi connectivity index (χ0v) is 13.9. The first-order chi connectivity index (χ1) is 10.7. The Balaban J connectivity index is 1.97. The largest absolute Gasteiger partial charge is 0.494 e. The van der Waals surface area contributed by atoms with Gasteiger partial charge < -0.3 is 9.84 Å². The topological polar surface area (TPSA) is 46.5 Å². The zero-order valence-electron chi connectivity index (χ0n) is 13.9. The summed E-state index contributed by atoms with van der Waals surface area (Å²) in [5.74, 6) is -0.264. The lowest BCUT2D eigenvalue weighted by Crippen LogP contribution is -2.00. The van der Waals surface area contributed by atoms with Crippen LogP contribution in [0.15, 0.2) is 24.3 Å². The average Bonchev–Trinajstić information content (AvgIpc) is 2.53. The third-order valence-electron chi connectivity index (χ3n) is 3.85. The van der Waals surface area contributed by atoms with Gasteiger partial charge in [0.15, 0.2) is 0 Å². The van der Waals surface area contributed by atoms with E-state index < -0.39 is 5.97 Å². The van der Waals surface area contributed by atoms with E-state index in [0.717, 1.165) is 6.42 Å². The van der Waals surface area contributed by atoms with Crippen molar-refractivity contribution in [3.8, 4) is 5.75 Å². The monoisotopic (exact) mass is 306 g/mol. The normalized spacial score (nSPS) is 10.6. The smallest absolute Gasteiger partial charge is 0.335 e. The van der Waals surface area contributed by atoms with Gasteiger partial charge in [-0.3, -0.25) is 0 Å². The second-order valence-electron chi connectivity index (χ2n) is 5.86. The lowest BCUT2D eigenvalue weighted by Gasteiger charge is -2.07. The van der Waals surface area contributed by atoms with Crippen LogP contribution in [0.5, 0.6) is 5.75 Å². The summed E-state index contributed by atoms with van der Waals surface area (Å²) in [7, 11) is 0.